The lowest BCUT2D eigenvalue weighted by atomic mass is 10.1. The third kappa shape index (κ3) is 2.95. The van der Waals surface area contributed by atoms with E-state index in [1.54, 1.807) is 0 Å². The predicted octanol–water partition coefficient (Wildman–Crippen LogP) is 2.68. The summed E-state index contributed by atoms with van der Waals surface area (Å²) in [6.45, 7) is 0. The smallest absolute Gasteiger partial charge is 0.342 e. The minimum Gasteiger partial charge on any atom is -0.495 e. The van der Waals surface area contributed by atoms with Gasteiger partial charge in [0.25, 0.3) is 0 Å². The molecular weight excluding hydrogens is 261 g/mol. The molecule has 1 aromatic carbocycles. The Morgan fingerprint density at radius 3 is 2.56 bits per heavy atom. The van der Waals surface area contributed by atoms with Crippen molar-refractivity contribution >= 4 is 23.2 Å². The van der Waals surface area contributed by atoms with Gasteiger partial charge in [-0.3, -0.25) is 5.84 Å². The Hall–Kier alpha value is -0.620. The van der Waals surface area contributed by atoms with Crippen LogP contribution in [0.2, 0.25) is 5.02 Å². The number of hydrazine groups is 1. The van der Waals surface area contributed by atoms with Gasteiger partial charge in [-0.05, 0) is 29.3 Å². The molecule has 0 radical (unpaired) electrons. The Labute approximate surface area is 101 Å². The first-order valence-corrected chi connectivity index (χ1v) is 5.02. The molecule has 16 heavy (non-hydrogen) atoms. The van der Waals surface area contributed by atoms with Gasteiger partial charge in [-0.25, -0.2) is 5.43 Å². The van der Waals surface area contributed by atoms with Gasteiger partial charge in [-0.2, -0.15) is 8.78 Å². The zero-order chi connectivity index (χ0) is 12.3. The van der Waals surface area contributed by atoms with Crippen LogP contribution in [0.5, 0.6) is 5.75 Å². The first-order valence-electron chi connectivity index (χ1n) is 4.26. The van der Waals surface area contributed by atoms with Gasteiger partial charge < -0.3 is 4.74 Å². The molecule has 3 nitrogen and oxygen atoms in total. The maximum absolute atomic E-state index is 13.0. The van der Waals surface area contributed by atoms with Crippen molar-refractivity contribution in [1.29, 1.82) is 0 Å². The second-order valence-corrected chi connectivity index (χ2v) is 3.95. The summed E-state index contributed by atoms with van der Waals surface area (Å²) in [6, 6.07) is 2.66. The molecule has 0 bridgehead atoms. The molecule has 0 saturated carbocycles. The number of alkyl halides is 3. The lowest BCUT2D eigenvalue weighted by Crippen LogP contribution is -2.37. The van der Waals surface area contributed by atoms with Crippen LogP contribution in [0.1, 0.15) is 11.6 Å². The first kappa shape index (κ1) is 13.4. The third-order valence-electron chi connectivity index (χ3n) is 2.00. The molecule has 1 atom stereocenters. The van der Waals surface area contributed by atoms with Crippen molar-refractivity contribution in [3.8, 4) is 5.75 Å². The molecule has 1 rings (SSSR count). The van der Waals surface area contributed by atoms with Crippen LogP contribution in [0.3, 0.4) is 0 Å². The average molecular weight is 271 g/mol. The molecule has 0 aromatic heterocycles. The molecule has 7 heteroatoms. The number of halogens is 4. The Morgan fingerprint density at radius 2 is 2.12 bits per heavy atom. The van der Waals surface area contributed by atoms with Gasteiger partial charge in [0.15, 0.2) is 0 Å². The highest BCUT2D eigenvalue weighted by Crippen LogP contribution is 2.37. The number of benzene rings is 1. The number of rotatable bonds is 4. The fourth-order valence-electron chi connectivity index (χ4n) is 1.24. The number of ether oxygens (including phenoxy) is 1. The number of hydrogen-bond donors (Lipinski definition) is 2. The van der Waals surface area contributed by atoms with Crippen LogP contribution in [0.25, 0.3) is 0 Å². The average Bonchev–Trinajstić information content (AvgIpc) is 2.19. The van der Waals surface area contributed by atoms with E-state index in [2.05, 4.69) is 0 Å². The van der Waals surface area contributed by atoms with E-state index >= 15 is 0 Å². The number of hydrogen-bond acceptors (Lipinski definition) is 3. The normalized spacial score (nSPS) is 13.6. The summed E-state index contributed by atoms with van der Waals surface area (Å²) in [5.41, 5.74) is 2.13. The Balaban J connectivity index is 3.12. The Kier molecular flexibility index (Phi) is 4.32. The third-order valence-corrected chi connectivity index (χ3v) is 2.53. The number of methoxy groups -OCH3 is 1. The molecule has 3 N–H and O–H groups in total. The van der Waals surface area contributed by atoms with E-state index in [0.29, 0.717) is 5.02 Å². The SMILES string of the molecule is COc1cc(C(NN)C(F)(F)Cl)ccc1Cl. The maximum atomic E-state index is 13.0. The summed E-state index contributed by atoms with van der Waals surface area (Å²) in [5.74, 6) is 5.31. The van der Waals surface area contributed by atoms with Crippen molar-refractivity contribution in [2.75, 3.05) is 7.11 Å². The lowest BCUT2D eigenvalue weighted by Gasteiger charge is -2.21. The van der Waals surface area contributed by atoms with E-state index in [1.165, 1.54) is 25.3 Å². The summed E-state index contributed by atoms with van der Waals surface area (Å²) in [4.78, 5) is 0. The van der Waals surface area contributed by atoms with Crippen LogP contribution in [-0.4, -0.2) is 12.5 Å². The van der Waals surface area contributed by atoms with Crippen molar-refractivity contribution in [1.82, 2.24) is 5.43 Å². The van der Waals surface area contributed by atoms with Gasteiger partial charge in [0.1, 0.15) is 11.8 Å². The summed E-state index contributed by atoms with van der Waals surface area (Å²) in [6.07, 6.45) is 0. The first-order chi connectivity index (χ1) is 7.40. The van der Waals surface area contributed by atoms with Crippen LogP contribution in [0.4, 0.5) is 8.78 Å². The van der Waals surface area contributed by atoms with Crippen LogP contribution < -0.4 is 16.0 Å². The van der Waals surface area contributed by atoms with Crippen molar-refractivity contribution in [3.63, 3.8) is 0 Å². The monoisotopic (exact) mass is 270 g/mol. The van der Waals surface area contributed by atoms with Gasteiger partial charge in [0.05, 0.1) is 12.1 Å². The highest BCUT2D eigenvalue weighted by molar-refractivity contribution is 6.32. The van der Waals surface area contributed by atoms with E-state index in [4.69, 9.17) is 33.8 Å². The van der Waals surface area contributed by atoms with E-state index in [1.807, 2.05) is 5.43 Å². The Morgan fingerprint density at radius 1 is 1.50 bits per heavy atom. The van der Waals surface area contributed by atoms with Gasteiger partial charge >= 0.3 is 5.38 Å². The van der Waals surface area contributed by atoms with Crippen molar-refractivity contribution in [2.24, 2.45) is 5.84 Å². The second kappa shape index (κ2) is 5.14. The number of nitrogens with two attached hydrogens (primary N) is 1. The molecule has 1 aromatic rings. The highest BCUT2D eigenvalue weighted by Gasteiger charge is 2.37. The molecule has 1 unspecified atom stereocenters. The molecular formula is C9H10Cl2F2N2O. The fraction of sp³-hybridized carbons (Fsp3) is 0.333. The van der Waals surface area contributed by atoms with E-state index in [0.717, 1.165) is 0 Å². The molecule has 0 aliphatic heterocycles. The molecule has 0 amide bonds. The van der Waals surface area contributed by atoms with Gasteiger partial charge in [-0.1, -0.05) is 17.7 Å². The lowest BCUT2D eigenvalue weighted by molar-refractivity contribution is 0.0497. The fourth-order valence-corrected chi connectivity index (χ4v) is 1.62. The minimum absolute atomic E-state index is 0.184. The minimum atomic E-state index is -3.51. The summed E-state index contributed by atoms with van der Waals surface area (Å²) in [5, 5.41) is -3.19. The van der Waals surface area contributed by atoms with Crippen molar-refractivity contribution < 1.29 is 13.5 Å². The van der Waals surface area contributed by atoms with Crippen LogP contribution in [-0.2, 0) is 0 Å². The number of nitrogens with one attached hydrogen (secondary N) is 1. The van der Waals surface area contributed by atoms with E-state index in [9.17, 15) is 8.78 Å². The quantitative estimate of drug-likeness (QED) is 0.503. The Bertz CT molecular complexity index is 371. The molecule has 0 saturated heterocycles. The summed E-state index contributed by atoms with van der Waals surface area (Å²) < 4.78 is 30.8. The zero-order valence-corrected chi connectivity index (χ0v) is 9.82. The largest absolute Gasteiger partial charge is 0.495 e. The van der Waals surface area contributed by atoms with Crippen molar-refractivity contribution in [3.05, 3.63) is 28.8 Å². The van der Waals surface area contributed by atoms with Gasteiger partial charge in [0.2, 0.25) is 0 Å². The standard InChI is InChI=1S/C9H10Cl2F2N2O/c1-16-7-4-5(2-3-6(7)10)8(15-14)9(11,12)13/h2-4,8,15H,14H2,1H3. The van der Waals surface area contributed by atoms with E-state index < -0.39 is 11.4 Å². The van der Waals surface area contributed by atoms with Crippen LogP contribution in [0, 0.1) is 0 Å². The molecule has 0 aliphatic rings. The highest BCUT2D eigenvalue weighted by atomic mass is 35.5. The molecule has 0 fully saturated rings. The predicted molar refractivity (Wildman–Crippen MR) is 58.9 cm³/mol. The van der Waals surface area contributed by atoms with Crippen LogP contribution >= 0.6 is 23.2 Å². The van der Waals surface area contributed by atoms with Crippen molar-refractivity contribution in [2.45, 2.75) is 11.4 Å². The van der Waals surface area contributed by atoms with Crippen LogP contribution in [0.15, 0.2) is 18.2 Å². The molecule has 0 aliphatic carbocycles. The maximum Gasteiger partial charge on any atom is 0.342 e. The molecule has 0 spiro atoms. The molecule has 90 valence electrons. The zero-order valence-electron chi connectivity index (χ0n) is 8.31. The van der Waals surface area contributed by atoms with Gasteiger partial charge in [0, 0.05) is 0 Å². The second-order valence-electron chi connectivity index (χ2n) is 3.04. The molecule has 0 heterocycles. The summed E-state index contributed by atoms with van der Waals surface area (Å²) in [7, 11) is 1.38. The summed E-state index contributed by atoms with van der Waals surface area (Å²) >= 11 is 10.7. The topological polar surface area (TPSA) is 47.3 Å². The van der Waals surface area contributed by atoms with E-state index in [-0.39, 0.29) is 11.3 Å². The van der Waals surface area contributed by atoms with Gasteiger partial charge in [-0.15, -0.1) is 0 Å².